The van der Waals surface area contributed by atoms with Crippen LogP contribution in [-0.2, 0) is 4.79 Å². The minimum atomic E-state index is -0.750. The first-order valence-electron chi connectivity index (χ1n) is 8.72. The summed E-state index contributed by atoms with van der Waals surface area (Å²) in [6.45, 7) is 4.53. The fourth-order valence-corrected chi connectivity index (χ4v) is 2.03. The lowest BCUT2D eigenvalue weighted by atomic mass is 10.2. The zero-order valence-electron chi connectivity index (χ0n) is 15.9. The van der Waals surface area contributed by atoms with Crippen molar-refractivity contribution in [2.75, 3.05) is 53.2 Å². The Labute approximate surface area is 159 Å². The maximum absolute atomic E-state index is 12.7. The van der Waals surface area contributed by atoms with Gasteiger partial charge in [-0.25, -0.2) is 4.39 Å². The van der Waals surface area contributed by atoms with Gasteiger partial charge in [0.15, 0.2) is 0 Å². The van der Waals surface area contributed by atoms with Crippen molar-refractivity contribution in [3.8, 4) is 0 Å². The highest BCUT2D eigenvalue weighted by Crippen LogP contribution is 2.03. The second kappa shape index (κ2) is 15.0. The third-order valence-corrected chi connectivity index (χ3v) is 3.59. The number of hydrogen-bond acceptors (Lipinski definition) is 6. The maximum atomic E-state index is 12.7. The molecule has 27 heavy (non-hydrogen) atoms. The van der Waals surface area contributed by atoms with Gasteiger partial charge in [-0.05, 0) is 37.7 Å². The molecule has 1 aliphatic rings. The molecular formula is C18H30FN3O5. The highest BCUT2D eigenvalue weighted by Gasteiger charge is 2.19. The van der Waals surface area contributed by atoms with Gasteiger partial charge in [-0.1, -0.05) is 6.92 Å². The van der Waals surface area contributed by atoms with E-state index in [-0.39, 0.29) is 18.4 Å². The number of aliphatic hydroxyl groups is 3. The number of carbonyl (C=O) groups is 2. The van der Waals surface area contributed by atoms with Gasteiger partial charge in [0, 0.05) is 38.3 Å². The monoisotopic (exact) mass is 387 g/mol. The molecular weight excluding hydrogens is 357 g/mol. The van der Waals surface area contributed by atoms with E-state index < -0.39 is 12.6 Å². The number of benzene rings is 1. The number of carbonyl (C=O) groups excluding carboxylic acids is 2. The van der Waals surface area contributed by atoms with E-state index in [4.69, 9.17) is 15.3 Å². The molecule has 0 atom stereocenters. The second-order valence-electron chi connectivity index (χ2n) is 5.74. The number of hydrogen-bond donors (Lipinski definition) is 4. The highest BCUT2D eigenvalue weighted by atomic mass is 19.1. The number of nitrogens with one attached hydrogen (secondary N) is 1. The minimum absolute atomic E-state index is 0.0279. The van der Waals surface area contributed by atoms with Crippen molar-refractivity contribution in [1.29, 1.82) is 0 Å². The first-order chi connectivity index (χ1) is 12.9. The molecule has 0 radical (unpaired) electrons. The van der Waals surface area contributed by atoms with Crippen molar-refractivity contribution in [2.45, 2.75) is 13.3 Å². The number of halogens is 1. The van der Waals surface area contributed by atoms with Gasteiger partial charge in [-0.2, -0.15) is 0 Å². The average Bonchev–Trinajstić information content (AvgIpc) is 2.68. The molecule has 2 rings (SSSR count). The summed E-state index contributed by atoms with van der Waals surface area (Å²) >= 11 is 0. The van der Waals surface area contributed by atoms with E-state index in [1.54, 1.807) is 4.90 Å². The number of amides is 2. The van der Waals surface area contributed by atoms with Crippen molar-refractivity contribution in [3.63, 3.8) is 0 Å². The van der Waals surface area contributed by atoms with E-state index in [0.717, 1.165) is 19.5 Å². The van der Waals surface area contributed by atoms with Crippen molar-refractivity contribution in [1.82, 2.24) is 15.1 Å². The largest absolute Gasteiger partial charge is 0.396 e. The second-order valence-corrected chi connectivity index (χ2v) is 5.74. The lowest BCUT2D eigenvalue weighted by Crippen LogP contribution is -2.50. The molecule has 154 valence electrons. The molecule has 2 amide bonds. The molecule has 0 unspecified atom stereocenters. The van der Waals surface area contributed by atoms with Crippen LogP contribution < -0.4 is 5.32 Å². The minimum Gasteiger partial charge on any atom is -0.396 e. The van der Waals surface area contributed by atoms with E-state index in [1.165, 1.54) is 24.3 Å². The smallest absolute Gasteiger partial charge is 0.251 e. The predicted molar refractivity (Wildman–Crippen MR) is 99.5 cm³/mol. The van der Waals surface area contributed by atoms with E-state index in [9.17, 15) is 14.0 Å². The van der Waals surface area contributed by atoms with Crippen LogP contribution in [0.4, 0.5) is 4.39 Å². The fourth-order valence-electron chi connectivity index (χ4n) is 2.03. The number of likely N-dealkylation sites (N-methyl/N-ethyl adjacent to an activating group) is 1. The molecule has 0 saturated carbocycles. The summed E-state index contributed by atoms with van der Waals surface area (Å²) in [5.41, 5.74) is 0.345. The van der Waals surface area contributed by atoms with Gasteiger partial charge in [-0.3, -0.25) is 9.59 Å². The summed E-state index contributed by atoms with van der Waals surface area (Å²) in [6, 6.07) is 5.23. The van der Waals surface area contributed by atoms with Crippen molar-refractivity contribution in [3.05, 3.63) is 35.6 Å². The normalized spacial score (nSPS) is 13.6. The SMILES string of the molecule is CCCO.CN1CCN(C(=O)CNC(=O)c2ccc(F)cc2)CC1.OCO. The Balaban J connectivity index is 0.000000836. The van der Waals surface area contributed by atoms with Crippen molar-refractivity contribution >= 4 is 11.8 Å². The van der Waals surface area contributed by atoms with Gasteiger partial charge in [0.25, 0.3) is 5.91 Å². The number of rotatable bonds is 4. The Morgan fingerprint density at radius 2 is 1.56 bits per heavy atom. The lowest BCUT2D eigenvalue weighted by molar-refractivity contribution is -0.131. The van der Waals surface area contributed by atoms with E-state index >= 15 is 0 Å². The molecule has 1 aromatic rings. The Bertz CT molecular complexity index is 532. The quantitative estimate of drug-likeness (QED) is 0.525. The van der Waals surface area contributed by atoms with Crippen LogP contribution in [-0.4, -0.2) is 90.1 Å². The average molecular weight is 387 g/mol. The first kappa shape index (κ1) is 24.9. The Kier molecular flexibility index (Phi) is 13.9. The van der Waals surface area contributed by atoms with Crippen LogP contribution in [0.25, 0.3) is 0 Å². The summed E-state index contributed by atoms with van der Waals surface area (Å²) in [5, 5.41) is 24.7. The molecule has 1 fully saturated rings. The maximum Gasteiger partial charge on any atom is 0.251 e. The van der Waals surface area contributed by atoms with E-state index in [2.05, 4.69) is 10.2 Å². The number of aliphatic hydroxyl groups excluding tert-OH is 2. The van der Waals surface area contributed by atoms with E-state index in [0.29, 0.717) is 25.3 Å². The summed E-state index contributed by atoms with van der Waals surface area (Å²) in [6.07, 6.45) is 0.875. The highest BCUT2D eigenvalue weighted by molar-refractivity contribution is 5.96. The fraction of sp³-hybridized carbons (Fsp3) is 0.556. The molecule has 1 aliphatic heterocycles. The van der Waals surface area contributed by atoms with E-state index in [1.807, 2.05) is 14.0 Å². The van der Waals surface area contributed by atoms with Crippen molar-refractivity contribution in [2.24, 2.45) is 0 Å². The Morgan fingerprint density at radius 1 is 1.07 bits per heavy atom. The van der Waals surface area contributed by atoms with Gasteiger partial charge in [0.2, 0.25) is 5.91 Å². The summed E-state index contributed by atoms with van der Waals surface area (Å²) in [4.78, 5) is 27.6. The van der Waals surface area contributed by atoms with Crippen LogP contribution in [0, 0.1) is 5.82 Å². The Morgan fingerprint density at radius 3 is 2.00 bits per heavy atom. The van der Waals surface area contributed by atoms with Crippen LogP contribution in [0.5, 0.6) is 0 Å². The summed E-state index contributed by atoms with van der Waals surface area (Å²) in [5.74, 6) is -0.851. The third kappa shape index (κ3) is 11.3. The predicted octanol–water partition coefficient (Wildman–Crippen LogP) is -0.353. The molecule has 1 heterocycles. The molecule has 0 aliphatic carbocycles. The third-order valence-electron chi connectivity index (χ3n) is 3.59. The number of nitrogens with zero attached hydrogens (tertiary/aromatic N) is 2. The molecule has 0 spiro atoms. The van der Waals surface area contributed by atoms with Gasteiger partial charge < -0.3 is 30.4 Å². The van der Waals surface area contributed by atoms with Crippen LogP contribution in [0.3, 0.4) is 0 Å². The molecule has 1 aromatic carbocycles. The van der Waals surface area contributed by atoms with Crippen LogP contribution >= 0.6 is 0 Å². The lowest BCUT2D eigenvalue weighted by Gasteiger charge is -2.32. The Hall–Kier alpha value is -2.07. The molecule has 0 aromatic heterocycles. The standard InChI is InChI=1S/C14H18FN3O2.C3H8O.CH4O2/c1-17-6-8-18(9-7-17)13(19)10-16-14(20)11-2-4-12(15)5-3-11;1-2-3-4;2-1-3/h2-5H,6-10H2,1H3,(H,16,20);4H,2-3H2,1H3;2-3H,1H2. The first-order valence-corrected chi connectivity index (χ1v) is 8.72. The topological polar surface area (TPSA) is 113 Å². The van der Waals surface area contributed by atoms with Gasteiger partial charge in [0.1, 0.15) is 12.6 Å². The van der Waals surface area contributed by atoms with Gasteiger partial charge >= 0.3 is 0 Å². The zero-order valence-corrected chi connectivity index (χ0v) is 15.9. The van der Waals surface area contributed by atoms with Crippen molar-refractivity contribution < 1.29 is 29.3 Å². The molecule has 9 heteroatoms. The molecule has 4 N–H and O–H groups in total. The van der Waals surface area contributed by atoms with Crippen LogP contribution in [0.2, 0.25) is 0 Å². The summed E-state index contributed by atoms with van der Waals surface area (Å²) < 4.78 is 12.7. The van der Waals surface area contributed by atoms with Crippen LogP contribution in [0.1, 0.15) is 23.7 Å². The summed E-state index contributed by atoms with van der Waals surface area (Å²) in [7, 11) is 2.01. The van der Waals surface area contributed by atoms with Crippen LogP contribution in [0.15, 0.2) is 24.3 Å². The van der Waals surface area contributed by atoms with Gasteiger partial charge in [-0.15, -0.1) is 0 Å². The molecule has 1 saturated heterocycles. The zero-order chi connectivity index (χ0) is 20.7. The molecule has 0 bridgehead atoms. The van der Waals surface area contributed by atoms with Gasteiger partial charge in [0.05, 0.1) is 6.54 Å². The molecule has 8 nitrogen and oxygen atoms in total. The number of piperazine rings is 1.